The van der Waals surface area contributed by atoms with E-state index in [1.165, 1.54) is 0 Å². The van der Waals surface area contributed by atoms with Crippen molar-refractivity contribution < 1.29 is 9.53 Å². The number of carbonyl (C=O) groups is 1. The Morgan fingerprint density at radius 2 is 2.36 bits per heavy atom. The standard InChI is InChI=1S/C8H14N4O2/c1-4-14-8-10-7(11-12-8)9-6(13)5(2)3/h5H,4H2,1-3H3,(H2,9,10,11,12,13). The summed E-state index contributed by atoms with van der Waals surface area (Å²) in [5.74, 6) is 0.118. The summed E-state index contributed by atoms with van der Waals surface area (Å²) in [6.45, 7) is 5.93. The molecule has 0 bridgehead atoms. The van der Waals surface area contributed by atoms with E-state index in [4.69, 9.17) is 4.74 Å². The Morgan fingerprint density at radius 3 is 2.93 bits per heavy atom. The van der Waals surface area contributed by atoms with Crippen molar-refractivity contribution in [1.82, 2.24) is 15.2 Å². The van der Waals surface area contributed by atoms with E-state index in [9.17, 15) is 4.79 Å². The SMILES string of the molecule is CCOc1n[nH]c(NC(=O)C(C)C)n1. The number of hydrogen-bond donors (Lipinski definition) is 2. The van der Waals surface area contributed by atoms with Gasteiger partial charge in [0.1, 0.15) is 0 Å². The fraction of sp³-hybridized carbons (Fsp3) is 0.625. The van der Waals surface area contributed by atoms with E-state index in [-0.39, 0.29) is 17.8 Å². The third kappa shape index (κ3) is 2.72. The van der Waals surface area contributed by atoms with Gasteiger partial charge in [0.2, 0.25) is 11.9 Å². The van der Waals surface area contributed by atoms with Crippen molar-refractivity contribution in [1.29, 1.82) is 0 Å². The lowest BCUT2D eigenvalue weighted by Crippen LogP contribution is -2.18. The molecule has 0 atom stereocenters. The van der Waals surface area contributed by atoms with Gasteiger partial charge in [-0.3, -0.25) is 10.1 Å². The normalized spacial score (nSPS) is 10.3. The molecule has 0 fully saturated rings. The molecule has 0 saturated carbocycles. The van der Waals surface area contributed by atoms with Crippen molar-refractivity contribution in [3.63, 3.8) is 0 Å². The van der Waals surface area contributed by atoms with E-state index in [1.807, 2.05) is 6.92 Å². The first kappa shape index (κ1) is 10.5. The van der Waals surface area contributed by atoms with Gasteiger partial charge in [-0.15, -0.1) is 5.10 Å². The smallest absolute Gasteiger partial charge is 0.337 e. The van der Waals surface area contributed by atoms with E-state index >= 15 is 0 Å². The van der Waals surface area contributed by atoms with Crippen LogP contribution in [0.5, 0.6) is 6.01 Å². The summed E-state index contributed by atoms with van der Waals surface area (Å²) in [7, 11) is 0. The Kier molecular flexibility index (Phi) is 3.44. The quantitative estimate of drug-likeness (QED) is 0.749. The van der Waals surface area contributed by atoms with E-state index in [1.54, 1.807) is 13.8 Å². The predicted molar refractivity (Wildman–Crippen MR) is 51.0 cm³/mol. The van der Waals surface area contributed by atoms with Crippen LogP contribution in [0.1, 0.15) is 20.8 Å². The highest BCUT2D eigenvalue weighted by molar-refractivity contribution is 5.90. The maximum absolute atomic E-state index is 11.2. The summed E-state index contributed by atoms with van der Waals surface area (Å²) in [6, 6.07) is 0.242. The Balaban J connectivity index is 2.55. The summed E-state index contributed by atoms with van der Waals surface area (Å²) in [4.78, 5) is 15.1. The molecule has 0 aromatic carbocycles. The maximum atomic E-state index is 11.2. The Morgan fingerprint density at radius 1 is 1.64 bits per heavy atom. The van der Waals surface area contributed by atoms with E-state index in [0.717, 1.165) is 0 Å². The summed E-state index contributed by atoms with van der Waals surface area (Å²) in [5, 5.41) is 8.88. The first-order valence-corrected chi connectivity index (χ1v) is 4.49. The average molecular weight is 198 g/mol. The van der Waals surface area contributed by atoms with Gasteiger partial charge in [-0.1, -0.05) is 13.8 Å². The third-order valence-corrected chi connectivity index (χ3v) is 1.50. The van der Waals surface area contributed by atoms with Crippen molar-refractivity contribution in [3.05, 3.63) is 0 Å². The number of amides is 1. The molecule has 2 N–H and O–H groups in total. The number of aromatic nitrogens is 3. The second-order valence-electron chi connectivity index (χ2n) is 3.04. The second kappa shape index (κ2) is 4.59. The molecule has 6 nitrogen and oxygen atoms in total. The molecule has 1 aromatic rings. The molecular formula is C8H14N4O2. The molecule has 0 spiro atoms. The van der Waals surface area contributed by atoms with Crippen molar-refractivity contribution in [3.8, 4) is 6.01 Å². The minimum Gasteiger partial charge on any atom is -0.463 e. The van der Waals surface area contributed by atoms with Crippen LogP contribution in [0, 0.1) is 5.92 Å². The summed E-state index contributed by atoms with van der Waals surface area (Å²) < 4.78 is 5.02. The second-order valence-corrected chi connectivity index (χ2v) is 3.04. The zero-order valence-corrected chi connectivity index (χ0v) is 8.50. The highest BCUT2D eigenvalue weighted by Gasteiger charge is 2.10. The van der Waals surface area contributed by atoms with Gasteiger partial charge in [-0.2, -0.15) is 4.98 Å². The molecule has 1 aromatic heterocycles. The molecule has 0 aliphatic rings. The molecular weight excluding hydrogens is 184 g/mol. The molecule has 0 aliphatic carbocycles. The number of H-pyrrole nitrogens is 1. The molecule has 1 heterocycles. The van der Waals surface area contributed by atoms with Crippen LogP contribution in [0.15, 0.2) is 0 Å². The van der Waals surface area contributed by atoms with Gasteiger partial charge in [0.25, 0.3) is 0 Å². The van der Waals surface area contributed by atoms with Crippen LogP contribution in [0.2, 0.25) is 0 Å². The fourth-order valence-electron chi connectivity index (χ4n) is 0.757. The lowest BCUT2D eigenvalue weighted by molar-refractivity contribution is -0.118. The van der Waals surface area contributed by atoms with Gasteiger partial charge in [-0.25, -0.2) is 5.10 Å². The monoisotopic (exact) mass is 198 g/mol. The van der Waals surface area contributed by atoms with Gasteiger partial charge in [0, 0.05) is 5.92 Å². The number of nitrogens with zero attached hydrogens (tertiary/aromatic N) is 2. The van der Waals surface area contributed by atoms with Crippen molar-refractivity contribution in [2.45, 2.75) is 20.8 Å². The van der Waals surface area contributed by atoms with Crippen LogP contribution in [0.4, 0.5) is 5.95 Å². The van der Waals surface area contributed by atoms with Gasteiger partial charge in [0.05, 0.1) is 6.61 Å². The Labute approximate surface area is 82.1 Å². The molecule has 1 rings (SSSR count). The third-order valence-electron chi connectivity index (χ3n) is 1.50. The molecule has 14 heavy (non-hydrogen) atoms. The molecule has 1 amide bonds. The molecule has 0 unspecified atom stereocenters. The van der Waals surface area contributed by atoms with Crippen LogP contribution in [0.3, 0.4) is 0 Å². The number of nitrogens with one attached hydrogen (secondary N) is 2. The number of carbonyl (C=O) groups excluding carboxylic acids is 1. The summed E-state index contributed by atoms with van der Waals surface area (Å²) >= 11 is 0. The Hall–Kier alpha value is -1.59. The van der Waals surface area contributed by atoms with Crippen LogP contribution in [0.25, 0.3) is 0 Å². The van der Waals surface area contributed by atoms with Crippen LogP contribution < -0.4 is 10.1 Å². The fourth-order valence-corrected chi connectivity index (χ4v) is 0.757. The van der Waals surface area contributed by atoms with Gasteiger partial charge >= 0.3 is 6.01 Å². The van der Waals surface area contributed by atoms with Crippen molar-refractivity contribution >= 4 is 11.9 Å². The van der Waals surface area contributed by atoms with Crippen LogP contribution in [-0.4, -0.2) is 27.7 Å². The van der Waals surface area contributed by atoms with Gasteiger partial charge < -0.3 is 4.74 Å². The summed E-state index contributed by atoms with van der Waals surface area (Å²) in [5.41, 5.74) is 0. The maximum Gasteiger partial charge on any atom is 0.337 e. The number of hydrogen-bond acceptors (Lipinski definition) is 4. The lowest BCUT2D eigenvalue weighted by atomic mass is 10.2. The topological polar surface area (TPSA) is 79.9 Å². The number of anilines is 1. The number of aromatic amines is 1. The van der Waals surface area contributed by atoms with Gasteiger partial charge in [-0.05, 0) is 6.92 Å². The Bertz CT molecular complexity index is 308. The lowest BCUT2D eigenvalue weighted by Gasteiger charge is -2.02. The van der Waals surface area contributed by atoms with Crippen molar-refractivity contribution in [2.24, 2.45) is 5.92 Å². The first-order chi connectivity index (χ1) is 6.63. The van der Waals surface area contributed by atoms with Crippen LogP contribution >= 0.6 is 0 Å². The highest BCUT2D eigenvalue weighted by Crippen LogP contribution is 2.06. The number of ether oxygens (including phenoxy) is 1. The largest absolute Gasteiger partial charge is 0.463 e. The molecule has 6 heteroatoms. The minimum absolute atomic E-state index is 0.0874. The molecule has 78 valence electrons. The van der Waals surface area contributed by atoms with E-state index < -0.39 is 0 Å². The van der Waals surface area contributed by atoms with E-state index in [0.29, 0.717) is 12.6 Å². The first-order valence-electron chi connectivity index (χ1n) is 4.49. The highest BCUT2D eigenvalue weighted by atomic mass is 16.5. The summed E-state index contributed by atoms with van der Waals surface area (Å²) in [6.07, 6.45) is 0. The molecule has 0 radical (unpaired) electrons. The average Bonchev–Trinajstić information content (AvgIpc) is 2.53. The number of rotatable bonds is 4. The van der Waals surface area contributed by atoms with Crippen molar-refractivity contribution in [2.75, 3.05) is 11.9 Å². The predicted octanol–water partition coefficient (Wildman–Crippen LogP) is 0.798. The van der Waals surface area contributed by atoms with E-state index in [2.05, 4.69) is 20.5 Å². The van der Waals surface area contributed by atoms with Crippen LogP contribution in [-0.2, 0) is 4.79 Å². The zero-order chi connectivity index (χ0) is 10.6. The zero-order valence-electron chi connectivity index (χ0n) is 8.50. The molecule has 0 saturated heterocycles. The molecule has 0 aliphatic heterocycles. The minimum atomic E-state index is -0.107. The van der Waals surface area contributed by atoms with Gasteiger partial charge in [0.15, 0.2) is 0 Å².